The highest BCUT2D eigenvalue weighted by Crippen LogP contribution is 2.18. The van der Waals surface area contributed by atoms with Crippen LogP contribution in [-0.4, -0.2) is 37.5 Å². The van der Waals surface area contributed by atoms with Crippen LogP contribution < -0.4 is 5.32 Å². The highest BCUT2D eigenvalue weighted by atomic mass is 35.5. The molecule has 1 N–H and O–H groups in total. The maximum atomic E-state index is 13.6. The molecule has 1 aromatic rings. The summed E-state index contributed by atoms with van der Waals surface area (Å²) in [5.41, 5.74) is 0.0453. The van der Waals surface area contributed by atoms with E-state index in [2.05, 4.69) is 5.32 Å². The topological polar surface area (TPSA) is 32.3 Å². The second kappa shape index (κ2) is 6.35. The minimum absolute atomic E-state index is 0.0453. The fourth-order valence-corrected chi connectivity index (χ4v) is 2.57. The first-order valence-electron chi connectivity index (χ1n) is 6.49. The standard InChI is InChI=1S/C14H18ClFN2O/c1-18(9-10-4-6-17-7-5-10)14(19)12-8-11(15)2-3-13(12)16/h2-3,8,10,17H,4-7,9H2,1H3. The normalized spacial score (nSPS) is 16.4. The lowest BCUT2D eigenvalue weighted by atomic mass is 9.97. The molecule has 0 aromatic heterocycles. The Balaban J connectivity index is 2.03. The third-order valence-electron chi connectivity index (χ3n) is 3.50. The van der Waals surface area contributed by atoms with Crippen LogP contribution in [0.1, 0.15) is 23.2 Å². The van der Waals surface area contributed by atoms with E-state index in [-0.39, 0.29) is 11.5 Å². The van der Waals surface area contributed by atoms with Crippen LogP contribution in [0.2, 0.25) is 5.02 Å². The van der Waals surface area contributed by atoms with E-state index in [0.29, 0.717) is 17.5 Å². The minimum Gasteiger partial charge on any atom is -0.341 e. The van der Waals surface area contributed by atoms with Gasteiger partial charge in [0.25, 0.3) is 5.91 Å². The first kappa shape index (κ1) is 14.3. The highest BCUT2D eigenvalue weighted by molar-refractivity contribution is 6.30. The molecule has 2 rings (SSSR count). The Bertz CT molecular complexity index is 461. The van der Waals surface area contributed by atoms with Crippen molar-refractivity contribution in [3.63, 3.8) is 0 Å². The van der Waals surface area contributed by atoms with Crippen LogP contribution >= 0.6 is 11.6 Å². The summed E-state index contributed by atoms with van der Waals surface area (Å²) < 4.78 is 13.6. The molecular formula is C14H18ClFN2O. The predicted molar refractivity (Wildman–Crippen MR) is 74.0 cm³/mol. The van der Waals surface area contributed by atoms with Crippen molar-refractivity contribution >= 4 is 17.5 Å². The van der Waals surface area contributed by atoms with Crippen molar-refractivity contribution in [3.8, 4) is 0 Å². The molecule has 1 aliphatic rings. The molecule has 5 heteroatoms. The molecule has 0 unspecified atom stereocenters. The van der Waals surface area contributed by atoms with Gasteiger partial charge in [-0.15, -0.1) is 0 Å². The van der Waals surface area contributed by atoms with Crippen LogP contribution in [-0.2, 0) is 0 Å². The molecule has 1 aromatic carbocycles. The average molecular weight is 285 g/mol. The number of nitrogens with one attached hydrogen (secondary N) is 1. The summed E-state index contributed by atoms with van der Waals surface area (Å²) in [6, 6.07) is 4.06. The maximum Gasteiger partial charge on any atom is 0.256 e. The fourth-order valence-electron chi connectivity index (χ4n) is 2.40. The lowest BCUT2D eigenvalue weighted by molar-refractivity contribution is 0.0758. The van der Waals surface area contributed by atoms with Crippen molar-refractivity contribution in [2.45, 2.75) is 12.8 Å². The molecule has 0 spiro atoms. The van der Waals surface area contributed by atoms with E-state index in [0.717, 1.165) is 25.9 Å². The molecule has 0 bridgehead atoms. The first-order chi connectivity index (χ1) is 9.08. The van der Waals surface area contributed by atoms with Crippen LogP contribution in [0.25, 0.3) is 0 Å². The summed E-state index contributed by atoms with van der Waals surface area (Å²) in [5, 5.41) is 3.66. The van der Waals surface area contributed by atoms with Gasteiger partial charge < -0.3 is 10.2 Å². The molecule has 0 atom stereocenters. The van der Waals surface area contributed by atoms with Gasteiger partial charge in [-0.3, -0.25) is 4.79 Å². The molecule has 1 heterocycles. The maximum absolute atomic E-state index is 13.6. The molecule has 1 aliphatic heterocycles. The summed E-state index contributed by atoms with van der Waals surface area (Å²) in [5.74, 6) is -0.345. The number of carbonyl (C=O) groups excluding carboxylic acids is 1. The van der Waals surface area contributed by atoms with Gasteiger partial charge in [0, 0.05) is 18.6 Å². The number of amides is 1. The van der Waals surface area contributed by atoms with E-state index in [4.69, 9.17) is 11.6 Å². The van der Waals surface area contributed by atoms with Crippen LogP contribution in [0.3, 0.4) is 0 Å². The number of piperidine rings is 1. The SMILES string of the molecule is CN(CC1CCNCC1)C(=O)c1cc(Cl)ccc1F. The minimum atomic E-state index is -0.522. The monoisotopic (exact) mass is 284 g/mol. The molecule has 0 aliphatic carbocycles. The van der Waals surface area contributed by atoms with Crippen LogP contribution in [0.4, 0.5) is 4.39 Å². The first-order valence-corrected chi connectivity index (χ1v) is 6.87. The third kappa shape index (κ3) is 3.67. The molecular weight excluding hydrogens is 267 g/mol. The van der Waals surface area contributed by atoms with E-state index in [1.165, 1.54) is 18.2 Å². The molecule has 0 radical (unpaired) electrons. The van der Waals surface area contributed by atoms with Crippen LogP contribution in [0, 0.1) is 11.7 Å². The summed E-state index contributed by atoms with van der Waals surface area (Å²) in [6.45, 7) is 2.63. The van der Waals surface area contributed by atoms with E-state index in [1.54, 1.807) is 11.9 Å². The molecule has 3 nitrogen and oxygen atoms in total. The van der Waals surface area contributed by atoms with Crippen molar-refractivity contribution in [2.75, 3.05) is 26.7 Å². The second-order valence-electron chi connectivity index (χ2n) is 5.00. The van der Waals surface area contributed by atoms with Gasteiger partial charge >= 0.3 is 0 Å². The van der Waals surface area contributed by atoms with Crippen LogP contribution in [0.15, 0.2) is 18.2 Å². The van der Waals surface area contributed by atoms with Gasteiger partial charge in [0.1, 0.15) is 5.82 Å². The molecule has 1 fully saturated rings. The Morgan fingerprint density at radius 1 is 1.47 bits per heavy atom. The van der Waals surface area contributed by atoms with Gasteiger partial charge in [0.15, 0.2) is 0 Å². The molecule has 104 valence electrons. The lowest BCUT2D eigenvalue weighted by Crippen LogP contribution is -2.37. The Morgan fingerprint density at radius 3 is 2.84 bits per heavy atom. The third-order valence-corrected chi connectivity index (χ3v) is 3.73. The Kier molecular flexibility index (Phi) is 4.77. The molecule has 1 saturated heterocycles. The van der Waals surface area contributed by atoms with Crippen molar-refractivity contribution < 1.29 is 9.18 Å². The zero-order valence-corrected chi connectivity index (χ0v) is 11.7. The second-order valence-corrected chi connectivity index (χ2v) is 5.44. The van der Waals surface area contributed by atoms with Gasteiger partial charge in [-0.2, -0.15) is 0 Å². The van der Waals surface area contributed by atoms with Gasteiger partial charge in [0.2, 0.25) is 0 Å². The number of hydrogen-bond acceptors (Lipinski definition) is 2. The summed E-state index contributed by atoms with van der Waals surface area (Å²) >= 11 is 5.81. The summed E-state index contributed by atoms with van der Waals surface area (Å²) in [7, 11) is 1.71. The number of benzene rings is 1. The molecule has 19 heavy (non-hydrogen) atoms. The van der Waals surface area contributed by atoms with E-state index >= 15 is 0 Å². The summed E-state index contributed by atoms with van der Waals surface area (Å²) in [6.07, 6.45) is 2.10. The Morgan fingerprint density at radius 2 is 2.16 bits per heavy atom. The van der Waals surface area contributed by atoms with Crippen molar-refractivity contribution in [1.29, 1.82) is 0 Å². The lowest BCUT2D eigenvalue weighted by Gasteiger charge is -2.27. The largest absolute Gasteiger partial charge is 0.341 e. The number of rotatable bonds is 3. The smallest absolute Gasteiger partial charge is 0.256 e. The number of hydrogen-bond donors (Lipinski definition) is 1. The quantitative estimate of drug-likeness (QED) is 0.925. The van der Waals surface area contributed by atoms with Gasteiger partial charge in [-0.1, -0.05) is 11.6 Å². The van der Waals surface area contributed by atoms with Crippen molar-refractivity contribution in [1.82, 2.24) is 10.2 Å². The zero-order chi connectivity index (χ0) is 13.8. The number of carbonyl (C=O) groups is 1. The Labute approximate surface area is 117 Å². The average Bonchev–Trinajstić information content (AvgIpc) is 2.42. The predicted octanol–water partition coefficient (Wildman–Crippen LogP) is 2.55. The van der Waals surface area contributed by atoms with Crippen molar-refractivity contribution in [3.05, 3.63) is 34.6 Å². The van der Waals surface area contributed by atoms with E-state index in [9.17, 15) is 9.18 Å². The van der Waals surface area contributed by atoms with Gasteiger partial charge in [-0.25, -0.2) is 4.39 Å². The van der Waals surface area contributed by atoms with Crippen LogP contribution in [0.5, 0.6) is 0 Å². The van der Waals surface area contributed by atoms with Crippen molar-refractivity contribution in [2.24, 2.45) is 5.92 Å². The Hall–Kier alpha value is -1.13. The number of nitrogens with zero attached hydrogens (tertiary/aromatic N) is 1. The molecule has 1 amide bonds. The zero-order valence-electron chi connectivity index (χ0n) is 11.0. The highest BCUT2D eigenvalue weighted by Gasteiger charge is 2.21. The van der Waals surface area contributed by atoms with Gasteiger partial charge in [-0.05, 0) is 50.0 Å². The number of halogens is 2. The van der Waals surface area contributed by atoms with Gasteiger partial charge in [0.05, 0.1) is 5.56 Å². The fraction of sp³-hybridized carbons (Fsp3) is 0.500. The van der Waals surface area contributed by atoms with E-state index in [1.807, 2.05) is 0 Å². The summed E-state index contributed by atoms with van der Waals surface area (Å²) in [4.78, 5) is 13.8. The molecule has 0 saturated carbocycles. The van der Waals surface area contributed by atoms with E-state index < -0.39 is 5.82 Å².